The van der Waals surface area contributed by atoms with E-state index in [-0.39, 0.29) is 47.4 Å². The molecule has 1 unspecified atom stereocenters. The summed E-state index contributed by atoms with van der Waals surface area (Å²) in [6.45, 7) is 3.98. The van der Waals surface area contributed by atoms with Crippen molar-refractivity contribution in [2.75, 3.05) is 0 Å². The zero-order valence-corrected chi connectivity index (χ0v) is 14.3. The third-order valence-electron chi connectivity index (χ3n) is 3.12. The molecule has 1 fully saturated rings. The number of aliphatic carboxylic acids is 1. The summed E-state index contributed by atoms with van der Waals surface area (Å²) in [7, 11) is 0. The van der Waals surface area contributed by atoms with Gasteiger partial charge >= 0.3 is 29.6 Å². The maximum atomic E-state index is 11.7. The van der Waals surface area contributed by atoms with Crippen molar-refractivity contribution >= 4 is 23.2 Å². The molecule has 19 heavy (non-hydrogen) atoms. The number of aryl methyl sites for hydroxylation is 1. The van der Waals surface area contributed by atoms with E-state index in [2.05, 4.69) is 17.4 Å². The molecule has 3 atom stereocenters. The Bertz CT molecular complexity index is 474. The summed E-state index contributed by atoms with van der Waals surface area (Å²) in [5.41, 5.74) is 0. The minimum Gasteiger partial charge on any atom is -0.550 e. The summed E-state index contributed by atoms with van der Waals surface area (Å²) in [5.74, 6) is -2.25. The van der Waals surface area contributed by atoms with Gasteiger partial charge in [0.15, 0.2) is 0 Å². The fourth-order valence-electron chi connectivity index (χ4n) is 2.04. The summed E-state index contributed by atoms with van der Waals surface area (Å²) >= 11 is 1.72. The number of thiophene rings is 1. The molecular weight excluding hydrogens is 273 g/mol. The quantitative estimate of drug-likeness (QED) is 0.609. The summed E-state index contributed by atoms with van der Waals surface area (Å²) in [5, 5.41) is 13.4. The monoisotopic (exact) mass is 289 g/mol. The molecule has 1 saturated carbocycles. The van der Waals surface area contributed by atoms with Gasteiger partial charge in [-0.2, -0.15) is 0 Å². The average Bonchev–Trinajstić information content (AvgIpc) is 2.98. The van der Waals surface area contributed by atoms with Crippen LogP contribution in [0.3, 0.4) is 0 Å². The number of carbonyl (C=O) groups is 2. The molecule has 1 aliphatic carbocycles. The smallest absolute Gasteiger partial charge is 0.550 e. The van der Waals surface area contributed by atoms with Crippen molar-refractivity contribution in [1.82, 2.24) is 5.32 Å². The summed E-state index contributed by atoms with van der Waals surface area (Å²) in [4.78, 5) is 24.8. The molecule has 2 rings (SSSR count). The van der Waals surface area contributed by atoms with Crippen LogP contribution < -0.4 is 40.0 Å². The van der Waals surface area contributed by atoms with Crippen molar-refractivity contribution in [3.8, 4) is 0 Å². The Labute approximate surface area is 138 Å². The molecule has 1 N–H and O–H groups in total. The third-order valence-corrected chi connectivity index (χ3v) is 4.15. The molecule has 0 aliphatic heterocycles. The van der Waals surface area contributed by atoms with E-state index in [1.54, 1.807) is 11.3 Å². The van der Waals surface area contributed by atoms with E-state index in [0.717, 1.165) is 6.42 Å². The minimum absolute atomic E-state index is 0. The van der Waals surface area contributed by atoms with Gasteiger partial charge in [0, 0.05) is 40.0 Å². The van der Waals surface area contributed by atoms with Crippen LogP contribution in [0.5, 0.6) is 0 Å². The fraction of sp³-hybridized carbons (Fsp3) is 0.538. The van der Waals surface area contributed by atoms with Crippen LogP contribution in [0.25, 0.3) is 0 Å². The Morgan fingerprint density at radius 2 is 2.16 bits per heavy atom. The number of rotatable bonds is 5. The van der Waals surface area contributed by atoms with E-state index < -0.39 is 11.9 Å². The van der Waals surface area contributed by atoms with Gasteiger partial charge in [-0.3, -0.25) is 4.79 Å². The number of hydrogen-bond acceptors (Lipinski definition) is 4. The van der Waals surface area contributed by atoms with Crippen LogP contribution in [0.15, 0.2) is 12.1 Å². The number of nitrogens with one attached hydrogen (secondary N) is 1. The van der Waals surface area contributed by atoms with Crippen LogP contribution in [0, 0.1) is 18.8 Å². The first-order chi connectivity index (χ1) is 8.47. The molecule has 1 amide bonds. The van der Waals surface area contributed by atoms with Gasteiger partial charge in [0.2, 0.25) is 5.91 Å². The van der Waals surface area contributed by atoms with Crippen LogP contribution in [0.4, 0.5) is 0 Å². The SMILES string of the molecule is Cc1ccc(CC(C)NC(=O)[C@@H]2C[C@@H]2C(=O)[O-])s1.[Na+]. The molecule has 0 saturated heterocycles. The summed E-state index contributed by atoms with van der Waals surface area (Å²) < 4.78 is 0. The molecule has 0 aromatic carbocycles. The molecule has 0 radical (unpaired) electrons. The molecule has 6 heteroatoms. The second kappa shape index (κ2) is 6.88. The Morgan fingerprint density at radius 1 is 1.47 bits per heavy atom. The first-order valence-electron chi connectivity index (χ1n) is 6.04. The molecule has 1 aromatic rings. The van der Waals surface area contributed by atoms with Gasteiger partial charge < -0.3 is 15.2 Å². The van der Waals surface area contributed by atoms with Crippen LogP contribution in [-0.2, 0) is 16.0 Å². The number of amides is 1. The molecule has 0 spiro atoms. The van der Waals surface area contributed by atoms with E-state index in [0.29, 0.717) is 6.42 Å². The first-order valence-corrected chi connectivity index (χ1v) is 6.85. The van der Waals surface area contributed by atoms with E-state index in [9.17, 15) is 14.7 Å². The van der Waals surface area contributed by atoms with Crippen molar-refractivity contribution in [3.63, 3.8) is 0 Å². The maximum Gasteiger partial charge on any atom is 1.00 e. The number of carbonyl (C=O) groups excluding carboxylic acids is 2. The molecule has 1 heterocycles. The van der Waals surface area contributed by atoms with Crippen molar-refractivity contribution in [2.45, 2.75) is 32.7 Å². The molecule has 1 aromatic heterocycles. The zero-order valence-electron chi connectivity index (χ0n) is 11.4. The van der Waals surface area contributed by atoms with Crippen LogP contribution in [0.1, 0.15) is 23.1 Å². The van der Waals surface area contributed by atoms with Gasteiger partial charge in [-0.1, -0.05) is 0 Å². The topological polar surface area (TPSA) is 69.2 Å². The number of hydrogen-bond donors (Lipinski definition) is 1. The minimum atomic E-state index is -1.11. The zero-order chi connectivity index (χ0) is 13.3. The van der Waals surface area contributed by atoms with E-state index in [4.69, 9.17) is 0 Å². The summed E-state index contributed by atoms with van der Waals surface area (Å²) in [6, 6.07) is 4.14. The summed E-state index contributed by atoms with van der Waals surface area (Å²) in [6.07, 6.45) is 1.20. The second-order valence-corrected chi connectivity index (χ2v) is 6.27. The standard InChI is InChI=1S/C13H17NO3S.Na/c1-7(5-9-4-3-8(2)18-9)14-12(15)10-6-11(10)13(16)17;/h3-4,7,10-11H,5-6H2,1-2H3,(H,14,15)(H,16,17);/q;+1/p-1/t7?,10-,11+;/m1./s1. The van der Waals surface area contributed by atoms with E-state index in [1.807, 2.05) is 13.8 Å². The van der Waals surface area contributed by atoms with Crippen molar-refractivity contribution in [2.24, 2.45) is 11.8 Å². The Hall–Kier alpha value is -0.360. The van der Waals surface area contributed by atoms with Crippen molar-refractivity contribution in [1.29, 1.82) is 0 Å². The molecular formula is C13H16NNaO3S. The van der Waals surface area contributed by atoms with E-state index >= 15 is 0 Å². The van der Waals surface area contributed by atoms with Gasteiger partial charge in [-0.25, -0.2) is 0 Å². The molecule has 1 aliphatic rings. The predicted molar refractivity (Wildman–Crippen MR) is 67.0 cm³/mol. The Balaban J connectivity index is 0.00000180. The molecule has 0 bridgehead atoms. The molecule has 4 nitrogen and oxygen atoms in total. The Morgan fingerprint density at radius 3 is 2.63 bits per heavy atom. The number of carboxylic acid groups (broad SMARTS) is 1. The third kappa shape index (κ3) is 4.60. The van der Waals surface area contributed by atoms with Gasteiger partial charge in [0.1, 0.15) is 0 Å². The van der Waals surface area contributed by atoms with Crippen LogP contribution in [0.2, 0.25) is 0 Å². The fourth-order valence-corrected chi connectivity index (χ4v) is 3.06. The van der Waals surface area contributed by atoms with Gasteiger partial charge in [-0.15, -0.1) is 11.3 Å². The van der Waals surface area contributed by atoms with Crippen LogP contribution in [-0.4, -0.2) is 17.9 Å². The second-order valence-electron chi connectivity index (χ2n) is 4.89. The van der Waals surface area contributed by atoms with Gasteiger partial charge in [0.25, 0.3) is 0 Å². The number of carboxylic acids is 1. The van der Waals surface area contributed by atoms with Crippen molar-refractivity contribution in [3.05, 3.63) is 21.9 Å². The van der Waals surface area contributed by atoms with E-state index in [1.165, 1.54) is 9.75 Å². The largest absolute Gasteiger partial charge is 1.00 e. The first kappa shape index (κ1) is 16.7. The average molecular weight is 289 g/mol. The predicted octanol–water partition coefficient (Wildman–Crippen LogP) is -2.51. The normalized spacial score (nSPS) is 22.2. The van der Waals surface area contributed by atoms with Gasteiger partial charge in [-0.05, 0) is 32.4 Å². The van der Waals surface area contributed by atoms with Gasteiger partial charge in [0.05, 0.1) is 0 Å². The molecule has 98 valence electrons. The Kier molecular flexibility index (Phi) is 6.05. The maximum absolute atomic E-state index is 11.7. The van der Waals surface area contributed by atoms with Crippen molar-refractivity contribution < 1.29 is 44.3 Å². The van der Waals surface area contributed by atoms with Crippen LogP contribution >= 0.6 is 11.3 Å².